The summed E-state index contributed by atoms with van der Waals surface area (Å²) in [6, 6.07) is 8.38. The zero-order chi connectivity index (χ0) is 15.2. The van der Waals surface area contributed by atoms with Gasteiger partial charge in [-0.3, -0.25) is 0 Å². The second kappa shape index (κ2) is 7.18. The molecule has 1 aromatic carbocycles. The maximum Gasteiger partial charge on any atom is 0.157 e. The number of nitrogens with zero attached hydrogens (tertiary/aromatic N) is 2. The third-order valence-corrected chi connectivity index (χ3v) is 3.37. The standard InChI is InChI=1S/C17H23N3O/c1-5-18-16-10-15(19-17(20-16)11-21-6-2)14-8-7-12(3)13(4)9-14/h7-10H,5-6,11H2,1-4H3,(H,18,19,20). The van der Waals surface area contributed by atoms with E-state index >= 15 is 0 Å². The predicted octanol–water partition coefficient (Wildman–Crippen LogP) is 3.73. The fraction of sp³-hybridized carbons (Fsp3) is 0.412. The number of nitrogens with one attached hydrogen (secondary N) is 1. The zero-order valence-corrected chi connectivity index (χ0v) is 13.2. The van der Waals surface area contributed by atoms with Crippen molar-refractivity contribution in [3.63, 3.8) is 0 Å². The summed E-state index contributed by atoms with van der Waals surface area (Å²) in [5.41, 5.74) is 4.59. The summed E-state index contributed by atoms with van der Waals surface area (Å²) in [6.45, 7) is 10.2. The minimum absolute atomic E-state index is 0.438. The number of hydrogen-bond donors (Lipinski definition) is 1. The number of hydrogen-bond acceptors (Lipinski definition) is 4. The van der Waals surface area contributed by atoms with Crippen LogP contribution in [-0.4, -0.2) is 23.1 Å². The van der Waals surface area contributed by atoms with Crippen molar-refractivity contribution in [3.05, 3.63) is 41.2 Å². The lowest BCUT2D eigenvalue weighted by molar-refractivity contribution is 0.128. The molecule has 0 radical (unpaired) electrons. The maximum atomic E-state index is 5.43. The number of anilines is 1. The van der Waals surface area contributed by atoms with Crippen LogP contribution in [0.4, 0.5) is 5.82 Å². The van der Waals surface area contributed by atoms with Gasteiger partial charge in [0.25, 0.3) is 0 Å². The van der Waals surface area contributed by atoms with Crippen molar-refractivity contribution in [1.82, 2.24) is 9.97 Å². The van der Waals surface area contributed by atoms with Crippen LogP contribution in [-0.2, 0) is 11.3 Å². The Kier molecular flexibility index (Phi) is 5.28. The van der Waals surface area contributed by atoms with E-state index in [0.717, 1.165) is 23.6 Å². The SMILES string of the molecule is CCNc1cc(-c2ccc(C)c(C)c2)nc(COCC)n1. The van der Waals surface area contributed by atoms with Gasteiger partial charge in [0.2, 0.25) is 0 Å². The zero-order valence-electron chi connectivity index (χ0n) is 13.2. The highest BCUT2D eigenvalue weighted by atomic mass is 16.5. The van der Waals surface area contributed by atoms with Crippen LogP contribution < -0.4 is 5.32 Å². The number of aromatic nitrogens is 2. The van der Waals surface area contributed by atoms with E-state index in [1.54, 1.807) is 0 Å². The van der Waals surface area contributed by atoms with Gasteiger partial charge in [-0.25, -0.2) is 9.97 Å². The van der Waals surface area contributed by atoms with Crippen LogP contribution in [0.15, 0.2) is 24.3 Å². The van der Waals surface area contributed by atoms with Gasteiger partial charge in [0, 0.05) is 24.8 Å². The molecule has 1 heterocycles. The third kappa shape index (κ3) is 4.02. The summed E-state index contributed by atoms with van der Waals surface area (Å²) in [6.07, 6.45) is 0. The van der Waals surface area contributed by atoms with E-state index in [-0.39, 0.29) is 0 Å². The summed E-state index contributed by atoms with van der Waals surface area (Å²) < 4.78 is 5.43. The van der Waals surface area contributed by atoms with E-state index in [4.69, 9.17) is 4.74 Å². The quantitative estimate of drug-likeness (QED) is 0.878. The van der Waals surface area contributed by atoms with Crippen LogP contribution >= 0.6 is 0 Å². The van der Waals surface area contributed by atoms with Gasteiger partial charge in [-0.05, 0) is 44.9 Å². The van der Waals surface area contributed by atoms with Crippen molar-refractivity contribution in [2.24, 2.45) is 0 Å². The van der Waals surface area contributed by atoms with Crippen LogP contribution in [0.25, 0.3) is 11.3 Å². The van der Waals surface area contributed by atoms with Crippen LogP contribution in [0, 0.1) is 13.8 Å². The summed E-state index contributed by atoms with van der Waals surface area (Å²) in [5, 5.41) is 3.25. The van der Waals surface area contributed by atoms with Crippen molar-refractivity contribution in [3.8, 4) is 11.3 Å². The Bertz CT molecular complexity index is 611. The Morgan fingerprint density at radius 3 is 2.52 bits per heavy atom. The largest absolute Gasteiger partial charge is 0.374 e. The summed E-state index contributed by atoms with van der Waals surface area (Å²) in [4.78, 5) is 9.10. The third-order valence-electron chi connectivity index (χ3n) is 3.37. The lowest BCUT2D eigenvalue weighted by atomic mass is 10.0. The molecule has 0 aliphatic carbocycles. The Morgan fingerprint density at radius 2 is 1.86 bits per heavy atom. The van der Waals surface area contributed by atoms with Gasteiger partial charge in [0.1, 0.15) is 12.4 Å². The van der Waals surface area contributed by atoms with E-state index in [9.17, 15) is 0 Å². The molecule has 2 aromatic rings. The number of rotatable bonds is 6. The molecule has 1 aromatic heterocycles. The van der Waals surface area contributed by atoms with Gasteiger partial charge in [0.15, 0.2) is 5.82 Å². The Balaban J connectivity index is 2.40. The summed E-state index contributed by atoms with van der Waals surface area (Å²) >= 11 is 0. The van der Waals surface area contributed by atoms with E-state index in [1.165, 1.54) is 11.1 Å². The Morgan fingerprint density at radius 1 is 1.05 bits per heavy atom. The molecule has 0 saturated carbocycles. The minimum atomic E-state index is 0.438. The van der Waals surface area contributed by atoms with Crippen LogP contribution in [0.3, 0.4) is 0 Å². The molecule has 0 aliphatic heterocycles. The van der Waals surface area contributed by atoms with Crippen molar-refractivity contribution in [2.45, 2.75) is 34.3 Å². The fourth-order valence-corrected chi connectivity index (χ4v) is 2.08. The molecule has 0 spiro atoms. The molecule has 21 heavy (non-hydrogen) atoms. The number of ether oxygens (including phenoxy) is 1. The topological polar surface area (TPSA) is 47.0 Å². The first-order valence-corrected chi connectivity index (χ1v) is 7.41. The fourth-order valence-electron chi connectivity index (χ4n) is 2.08. The predicted molar refractivity (Wildman–Crippen MR) is 86.4 cm³/mol. The van der Waals surface area contributed by atoms with E-state index < -0.39 is 0 Å². The lowest BCUT2D eigenvalue weighted by Crippen LogP contribution is -2.06. The Hall–Kier alpha value is -1.94. The molecule has 0 aliphatic rings. The molecular weight excluding hydrogens is 262 g/mol. The highest BCUT2D eigenvalue weighted by Gasteiger charge is 2.07. The van der Waals surface area contributed by atoms with Gasteiger partial charge < -0.3 is 10.1 Å². The first kappa shape index (κ1) is 15.4. The molecule has 0 fully saturated rings. The molecule has 112 valence electrons. The van der Waals surface area contributed by atoms with Crippen LogP contribution in [0.5, 0.6) is 0 Å². The summed E-state index contributed by atoms with van der Waals surface area (Å²) in [5.74, 6) is 1.55. The molecule has 0 atom stereocenters. The van der Waals surface area contributed by atoms with Crippen molar-refractivity contribution in [2.75, 3.05) is 18.5 Å². The lowest BCUT2D eigenvalue weighted by Gasteiger charge is -2.10. The number of aryl methyl sites for hydroxylation is 2. The van der Waals surface area contributed by atoms with E-state index in [1.807, 2.05) is 13.0 Å². The van der Waals surface area contributed by atoms with Crippen LogP contribution in [0.2, 0.25) is 0 Å². The normalized spacial score (nSPS) is 10.7. The first-order chi connectivity index (χ1) is 10.1. The van der Waals surface area contributed by atoms with Gasteiger partial charge in [-0.15, -0.1) is 0 Å². The average molecular weight is 285 g/mol. The van der Waals surface area contributed by atoms with Crippen molar-refractivity contribution >= 4 is 5.82 Å². The van der Waals surface area contributed by atoms with Gasteiger partial charge in [0.05, 0.1) is 5.69 Å². The monoisotopic (exact) mass is 285 g/mol. The van der Waals surface area contributed by atoms with E-state index in [2.05, 4.69) is 54.3 Å². The average Bonchev–Trinajstić information content (AvgIpc) is 2.48. The van der Waals surface area contributed by atoms with E-state index in [0.29, 0.717) is 19.0 Å². The smallest absolute Gasteiger partial charge is 0.157 e. The second-order valence-corrected chi connectivity index (χ2v) is 5.02. The first-order valence-electron chi connectivity index (χ1n) is 7.41. The molecule has 0 unspecified atom stereocenters. The molecular formula is C17H23N3O. The highest BCUT2D eigenvalue weighted by molar-refractivity contribution is 5.64. The molecule has 4 nitrogen and oxygen atoms in total. The molecule has 0 saturated heterocycles. The van der Waals surface area contributed by atoms with Crippen molar-refractivity contribution < 1.29 is 4.74 Å². The highest BCUT2D eigenvalue weighted by Crippen LogP contribution is 2.22. The van der Waals surface area contributed by atoms with Crippen LogP contribution in [0.1, 0.15) is 30.8 Å². The van der Waals surface area contributed by atoms with Gasteiger partial charge >= 0.3 is 0 Å². The molecule has 0 amide bonds. The molecule has 1 N–H and O–H groups in total. The van der Waals surface area contributed by atoms with Gasteiger partial charge in [-0.1, -0.05) is 12.1 Å². The van der Waals surface area contributed by atoms with Crippen molar-refractivity contribution in [1.29, 1.82) is 0 Å². The molecule has 2 rings (SSSR count). The molecule has 0 bridgehead atoms. The summed E-state index contributed by atoms with van der Waals surface area (Å²) in [7, 11) is 0. The van der Waals surface area contributed by atoms with Gasteiger partial charge in [-0.2, -0.15) is 0 Å². The second-order valence-electron chi connectivity index (χ2n) is 5.02. The maximum absolute atomic E-state index is 5.43. The molecule has 4 heteroatoms. The number of benzene rings is 1. The minimum Gasteiger partial charge on any atom is -0.374 e. The Labute approximate surface area is 126 Å².